The fraction of sp³-hybridized carbons (Fsp3) is 0.0714. The Labute approximate surface area is 130 Å². The zero-order chi connectivity index (χ0) is 15.4. The highest BCUT2D eigenvalue weighted by atomic mass is 32.1. The molecule has 108 valence electrons. The monoisotopic (exact) mass is 320 g/mol. The number of amides is 1. The number of esters is 1. The largest absolute Gasteiger partial charge is 0.465 e. The van der Waals surface area contributed by atoms with Crippen LogP contribution in [0.2, 0.25) is 0 Å². The highest BCUT2D eigenvalue weighted by Gasteiger charge is 2.16. The van der Waals surface area contributed by atoms with Crippen LogP contribution in [-0.2, 0) is 4.74 Å². The van der Waals surface area contributed by atoms with Gasteiger partial charge in [0.25, 0.3) is 5.91 Å². The van der Waals surface area contributed by atoms with Gasteiger partial charge in [0.1, 0.15) is 9.87 Å². The molecule has 5 nitrogen and oxygen atoms in total. The van der Waals surface area contributed by atoms with E-state index in [2.05, 4.69) is 10.1 Å². The highest BCUT2D eigenvalue weighted by molar-refractivity contribution is 7.80. The van der Waals surface area contributed by atoms with Gasteiger partial charge in [-0.15, -0.1) is 11.3 Å². The predicted molar refractivity (Wildman–Crippen MR) is 85.9 cm³/mol. The lowest BCUT2D eigenvalue weighted by Gasteiger charge is -2.06. The van der Waals surface area contributed by atoms with Gasteiger partial charge in [-0.25, -0.2) is 4.79 Å². The van der Waals surface area contributed by atoms with Gasteiger partial charge in [0.15, 0.2) is 0 Å². The van der Waals surface area contributed by atoms with Gasteiger partial charge in [-0.2, -0.15) is 0 Å². The number of methoxy groups -OCH3 is 1. The number of anilines is 1. The van der Waals surface area contributed by atoms with E-state index in [1.165, 1.54) is 18.4 Å². The highest BCUT2D eigenvalue weighted by Crippen LogP contribution is 2.23. The number of carbonyl (C=O) groups is 2. The summed E-state index contributed by atoms with van der Waals surface area (Å²) >= 11 is 6.05. The summed E-state index contributed by atoms with van der Waals surface area (Å²) in [4.78, 5) is 24.3. The third-order valence-corrected chi connectivity index (χ3v) is 3.85. The first-order valence-electron chi connectivity index (χ1n) is 5.90. The number of thiocarbonyl (C=S) groups is 1. The number of hydrogen-bond donors (Lipinski definition) is 2. The van der Waals surface area contributed by atoms with Crippen molar-refractivity contribution in [3.05, 3.63) is 51.7 Å². The Hall–Kier alpha value is -2.25. The minimum Gasteiger partial charge on any atom is -0.465 e. The molecule has 1 aromatic carbocycles. The summed E-state index contributed by atoms with van der Waals surface area (Å²) in [5.74, 6) is -0.808. The summed E-state index contributed by atoms with van der Waals surface area (Å²) < 4.78 is 4.66. The van der Waals surface area contributed by atoms with Crippen molar-refractivity contribution < 1.29 is 14.3 Å². The topological polar surface area (TPSA) is 81.4 Å². The molecule has 1 aromatic heterocycles. The second-order valence-corrected chi connectivity index (χ2v) is 5.41. The van der Waals surface area contributed by atoms with Crippen molar-refractivity contribution >= 4 is 46.1 Å². The van der Waals surface area contributed by atoms with E-state index < -0.39 is 5.97 Å². The van der Waals surface area contributed by atoms with Gasteiger partial charge in [0.05, 0.1) is 12.8 Å². The Balaban J connectivity index is 2.16. The van der Waals surface area contributed by atoms with Crippen molar-refractivity contribution in [1.82, 2.24) is 0 Å². The van der Waals surface area contributed by atoms with E-state index in [4.69, 9.17) is 18.0 Å². The number of nitrogens with two attached hydrogens (primary N) is 1. The number of carbonyl (C=O) groups excluding carboxylic acids is 2. The van der Waals surface area contributed by atoms with E-state index >= 15 is 0 Å². The molecule has 2 rings (SSSR count). The van der Waals surface area contributed by atoms with Crippen LogP contribution >= 0.6 is 23.6 Å². The third kappa shape index (κ3) is 3.45. The Morgan fingerprint density at radius 1 is 1.19 bits per heavy atom. The molecule has 0 saturated heterocycles. The average Bonchev–Trinajstić information content (AvgIpc) is 2.94. The van der Waals surface area contributed by atoms with Crippen molar-refractivity contribution in [3.8, 4) is 0 Å². The Morgan fingerprint density at radius 2 is 1.81 bits per heavy atom. The fourth-order valence-corrected chi connectivity index (χ4v) is 2.54. The summed E-state index contributed by atoms with van der Waals surface area (Å²) in [5, 5.41) is 4.38. The van der Waals surface area contributed by atoms with Crippen molar-refractivity contribution in [2.24, 2.45) is 5.73 Å². The molecular weight excluding hydrogens is 308 g/mol. The van der Waals surface area contributed by atoms with E-state index in [-0.39, 0.29) is 10.9 Å². The van der Waals surface area contributed by atoms with Crippen LogP contribution in [0.3, 0.4) is 0 Å². The van der Waals surface area contributed by atoms with Gasteiger partial charge in [-0.1, -0.05) is 24.4 Å². The van der Waals surface area contributed by atoms with Gasteiger partial charge in [-0.3, -0.25) is 4.79 Å². The molecular formula is C14H12N2O3S2. The normalized spacial score (nSPS) is 9.95. The first-order chi connectivity index (χ1) is 10.0. The van der Waals surface area contributed by atoms with Gasteiger partial charge >= 0.3 is 5.97 Å². The van der Waals surface area contributed by atoms with Crippen LogP contribution in [0.5, 0.6) is 0 Å². The lowest BCUT2D eigenvalue weighted by Crippen LogP contribution is -2.15. The number of hydrogen-bond acceptors (Lipinski definition) is 5. The molecule has 7 heteroatoms. The molecule has 0 radical (unpaired) electrons. The van der Waals surface area contributed by atoms with Gasteiger partial charge < -0.3 is 15.8 Å². The molecule has 1 amide bonds. The van der Waals surface area contributed by atoms with E-state index in [0.29, 0.717) is 21.7 Å². The number of nitrogens with one attached hydrogen (secondary N) is 1. The molecule has 1 heterocycles. The summed E-state index contributed by atoms with van der Waals surface area (Å²) in [7, 11) is 1.29. The molecule has 0 atom stereocenters. The van der Waals surface area contributed by atoms with Crippen LogP contribution in [0.25, 0.3) is 0 Å². The van der Waals surface area contributed by atoms with E-state index in [1.807, 2.05) is 0 Å². The van der Waals surface area contributed by atoms with Crippen LogP contribution < -0.4 is 11.1 Å². The number of ether oxygens (including phenoxy) is 1. The minimum absolute atomic E-state index is 0.271. The minimum atomic E-state index is -0.482. The fourth-order valence-electron chi connectivity index (χ4n) is 1.64. The first kappa shape index (κ1) is 15.1. The molecule has 0 spiro atoms. The zero-order valence-corrected chi connectivity index (χ0v) is 12.7. The summed E-state index contributed by atoms with van der Waals surface area (Å²) in [6.45, 7) is 0. The van der Waals surface area contributed by atoms with Crippen molar-refractivity contribution in [3.63, 3.8) is 0 Å². The van der Waals surface area contributed by atoms with Crippen molar-refractivity contribution in [2.75, 3.05) is 12.4 Å². The van der Waals surface area contributed by atoms with Crippen LogP contribution in [0, 0.1) is 0 Å². The van der Waals surface area contributed by atoms with E-state index in [9.17, 15) is 9.59 Å². The van der Waals surface area contributed by atoms with Crippen LogP contribution in [0.4, 0.5) is 5.69 Å². The standard InChI is InChI=1S/C14H12N2O3S2/c1-19-14(18)11-10(6-7-21-11)16-13(17)9-4-2-8(3-5-9)12(15)20/h2-7H,1H3,(H2,15,20)(H,16,17). The van der Waals surface area contributed by atoms with Gasteiger partial charge in [0, 0.05) is 11.1 Å². The Morgan fingerprint density at radius 3 is 2.38 bits per heavy atom. The lowest BCUT2D eigenvalue weighted by molar-refractivity contribution is 0.0607. The number of thiophene rings is 1. The van der Waals surface area contributed by atoms with E-state index in [1.54, 1.807) is 35.7 Å². The van der Waals surface area contributed by atoms with Gasteiger partial charge in [0.2, 0.25) is 0 Å². The third-order valence-electron chi connectivity index (χ3n) is 2.72. The first-order valence-corrected chi connectivity index (χ1v) is 7.18. The molecule has 21 heavy (non-hydrogen) atoms. The average molecular weight is 320 g/mol. The summed E-state index contributed by atoms with van der Waals surface area (Å²) in [6, 6.07) is 8.23. The number of benzene rings is 1. The second-order valence-electron chi connectivity index (χ2n) is 4.05. The van der Waals surface area contributed by atoms with Crippen LogP contribution in [0.1, 0.15) is 25.6 Å². The quantitative estimate of drug-likeness (QED) is 0.668. The second kappa shape index (κ2) is 6.47. The molecule has 2 aromatic rings. The maximum atomic E-state index is 12.1. The summed E-state index contributed by atoms with van der Waals surface area (Å²) in [6.07, 6.45) is 0. The number of rotatable bonds is 4. The maximum absolute atomic E-state index is 12.1. The lowest BCUT2D eigenvalue weighted by atomic mass is 10.1. The molecule has 0 saturated carbocycles. The van der Waals surface area contributed by atoms with Crippen molar-refractivity contribution in [1.29, 1.82) is 0 Å². The van der Waals surface area contributed by atoms with Crippen LogP contribution in [0.15, 0.2) is 35.7 Å². The zero-order valence-electron chi connectivity index (χ0n) is 11.1. The Bertz CT molecular complexity index is 692. The summed E-state index contributed by atoms with van der Waals surface area (Å²) in [5.41, 5.74) is 7.05. The molecule has 0 fully saturated rings. The molecule has 0 bridgehead atoms. The smallest absolute Gasteiger partial charge is 0.350 e. The molecule has 0 aliphatic heterocycles. The van der Waals surface area contributed by atoms with Crippen LogP contribution in [-0.4, -0.2) is 24.0 Å². The van der Waals surface area contributed by atoms with E-state index in [0.717, 1.165) is 0 Å². The molecule has 0 aliphatic rings. The molecule has 0 unspecified atom stereocenters. The maximum Gasteiger partial charge on any atom is 0.350 e. The molecule has 0 aliphatic carbocycles. The van der Waals surface area contributed by atoms with Gasteiger partial charge in [-0.05, 0) is 23.6 Å². The Kier molecular flexibility index (Phi) is 4.66. The molecule has 3 N–H and O–H groups in total. The van der Waals surface area contributed by atoms with Crippen molar-refractivity contribution in [2.45, 2.75) is 0 Å². The SMILES string of the molecule is COC(=O)c1sccc1NC(=O)c1ccc(C(N)=S)cc1. The predicted octanol–water partition coefficient (Wildman–Crippen LogP) is 2.42.